The minimum absolute atomic E-state index is 0.0134. The van der Waals surface area contributed by atoms with Gasteiger partial charge in [0, 0.05) is 44.2 Å². The summed E-state index contributed by atoms with van der Waals surface area (Å²) < 4.78 is 27.4. The predicted octanol–water partition coefficient (Wildman–Crippen LogP) is 3.60. The summed E-state index contributed by atoms with van der Waals surface area (Å²) in [5.74, 6) is -1.23. The van der Waals surface area contributed by atoms with Gasteiger partial charge in [-0.3, -0.25) is 0 Å². The molecule has 1 aliphatic carbocycles. The van der Waals surface area contributed by atoms with E-state index in [0.717, 1.165) is 37.3 Å². The van der Waals surface area contributed by atoms with E-state index in [1.54, 1.807) is 30.1 Å². The van der Waals surface area contributed by atoms with Gasteiger partial charge in [-0.1, -0.05) is 12.1 Å². The van der Waals surface area contributed by atoms with Crippen molar-refractivity contribution in [3.05, 3.63) is 47.5 Å². The summed E-state index contributed by atoms with van der Waals surface area (Å²) in [6.07, 6.45) is 3.66. The molecule has 0 aromatic heterocycles. The van der Waals surface area contributed by atoms with E-state index in [4.69, 9.17) is 0 Å². The van der Waals surface area contributed by atoms with Crippen molar-refractivity contribution in [1.82, 2.24) is 20.4 Å². The topological polar surface area (TPSA) is 64.7 Å². The first kappa shape index (κ1) is 20.4. The van der Waals surface area contributed by atoms with Crippen molar-refractivity contribution >= 4 is 22.8 Å². The van der Waals surface area contributed by atoms with Crippen LogP contribution in [0, 0.1) is 11.6 Å². The van der Waals surface area contributed by atoms with Gasteiger partial charge >= 0.3 is 12.1 Å². The first-order chi connectivity index (χ1) is 14.5. The minimum Gasteiger partial charge on any atom is -0.341 e. The second-order valence-electron chi connectivity index (χ2n) is 8.04. The molecule has 2 aromatic carbocycles. The lowest BCUT2D eigenvalue weighted by atomic mass is 10.0. The molecule has 8 heteroatoms. The Morgan fingerprint density at radius 2 is 1.93 bits per heavy atom. The highest BCUT2D eigenvalue weighted by atomic mass is 19.1. The molecule has 2 N–H and O–H groups in total. The van der Waals surface area contributed by atoms with E-state index in [2.05, 4.69) is 10.6 Å². The van der Waals surface area contributed by atoms with E-state index in [-0.39, 0.29) is 30.7 Å². The molecular formula is C22H26F2N4O2. The normalized spacial score (nSPS) is 18.9. The molecule has 6 nitrogen and oxygen atoms in total. The van der Waals surface area contributed by atoms with Crippen molar-refractivity contribution in [3.8, 4) is 0 Å². The maximum atomic E-state index is 14.1. The second kappa shape index (κ2) is 8.45. The fraction of sp³-hybridized carbons (Fsp3) is 0.455. The van der Waals surface area contributed by atoms with Gasteiger partial charge in [0.15, 0.2) is 0 Å². The number of hydrogen-bond acceptors (Lipinski definition) is 2. The van der Waals surface area contributed by atoms with Crippen LogP contribution in [0.2, 0.25) is 0 Å². The van der Waals surface area contributed by atoms with E-state index >= 15 is 0 Å². The van der Waals surface area contributed by atoms with Gasteiger partial charge in [-0.15, -0.1) is 0 Å². The highest BCUT2D eigenvalue weighted by Crippen LogP contribution is 2.31. The minimum atomic E-state index is -0.616. The zero-order valence-corrected chi connectivity index (χ0v) is 17.0. The summed E-state index contributed by atoms with van der Waals surface area (Å²) in [4.78, 5) is 28.6. The summed E-state index contributed by atoms with van der Waals surface area (Å²) >= 11 is 0. The Kier molecular flexibility index (Phi) is 5.74. The fourth-order valence-corrected chi connectivity index (χ4v) is 4.21. The van der Waals surface area contributed by atoms with E-state index in [1.807, 2.05) is 4.90 Å². The number of urea groups is 2. The Balaban J connectivity index is 1.44. The quantitative estimate of drug-likeness (QED) is 0.800. The number of fused-ring (bicyclic) bond motifs is 1. The molecule has 1 heterocycles. The monoisotopic (exact) mass is 416 g/mol. The lowest BCUT2D eigenvalue weighted by Gasteiger charge is -2.39. The van der Waals surface area contributed by atoms with Crippen LogP contribution in [-0.2, 0) is 6.54 Å². The maximum absolute atomic E-state index is 14.1. The number of carbonyl (C=O) groups is 2. The third-order valence-electron chi connectivity index (χ3n) is 5.84. The van der Waals surface area contributed by atoms with Crippen LogP contribution in [-0.4, -0.2) is 54.1 Å². The van der Waals surface area contributed by atoms with E-state index in [0.29, 0.717) is 23.9 Å². The van der Waals surface area contributed by atoms with Gasteiger partial charge in [-0.25, -0.2) is 18.4 Å². The van der Waals surface area contributed by atoms with Gasteiger partial charge in [0.1, 0.15) is 11.6 Å². The summed E-state index contributed by atoms with van der Waals surface area (Å²) in [6, 6.07) is 7.11. The van der Waals surface area contributed by atoms with Crippen LogP contribution in [0.4, 0.5) is 18.4 Å². The SMILES string of the molecule is CNC(=O)N1CCC[C@@H](N(C(=O)NCc2ccc3cc(F)cc(F)c3c2)C2CC2)C1. The molecule has 1 atom stereocenters. The molecule has 1 saturated heterocycles. The number of piperidine rings is 1. The standard InChI is InChI=1S/C22H26F2N4O2/c1-25-21(29)27-8-2-3-18(13-27)28(17-6-7-17)22(30)26-12-14-4-5-15-10-16(23)11-20(24)19(15)9-14/h4-5,9-11,17-18H,2-3,6-8,12-13H2,1H3,(H,25,29)(H,26,30)/t18-/m1/s1. The average molecular weight is 416 g/mol. The molecule has 1 aliphatic heterocycles. The number of amides is 4. The molecule has 4 amide bonds. The molecular weight excluding hydrogens is 390 g/mol. The molecule has 0 radical (unpaired) electrons. The van der Waals surface area contributed by atoms with E-state index in [1.165, 1.54) is 6.07 Å². The number of likely N-dealkylation sites (tertiary alicyclic amines) is 1. The number of rotatable bonds is 4. The van der Waals surface area contributed by atoms with Crippen LogP contribution < -0.4 is 10.6 Å². The number of halogens is 2. The first-order valence-electron chi connectivity index (χ1n) is 10.4. The van der Waals surface area contributed by atoms with Crippen molar-refractivity contribution < 1.29 is 18.4 Å². The Morgan fingerprint density at radius 3 is 2.67 bits per heavy atom. The Bertz CT molecular complexity index is 964. The Hall–Kier alpha value is -2.90. The molecule has 0 bridgehead atoms. The number of hydrogen-bond donors (Lipinski definition) is 2. The van der Waals surface area contributed by atoms with Crippen LogP contribution in [0.25, 0.3) is 10.8 Å². The van der Waals surface area contributed by atoms with Gasteiger partial charge in [0.25, 0.3) is 0 Å². The van der Waals surface area contributed by atoms with Crippen LogP contribution in [0.5, 0.6) is 0 Å². The Morgan fingerprint density at radius 1 is 1.13 bits per heavy atom. The number of nitrogens with one attached hydrogen (secondary N) is 2. The highest BCUT2D eigenvalue weighted by molar-refractivity contribution is 5.84. The number of nitrogens with zero attached hydrogens (tertiary/aromatic N) is 2. The molecule has 30 heavy (non-hydrogen) atoms. The van der Waals surface area contributed by atoms with Crippen LogP contribution in [0.1, 0.15) is 31.2 Å². The second-order valence-corrected chi connectivity index (χ2v) is 8.04. The lowest BCUT2D eigenvalue weighted by molar-refractivity contribution is 0.116. The van der Waals surface area contributed by atoms with Gasteiger partial charge in [-0.05, 0) is 48.8 Å². The van der Waals surface area contributed by atoms with Crippen LogP contribution in [0.3, 0.4) is 0 Å². The summed E-state index contributed by atoms with van der Waals surface area (Å²) in [7, 11) is 1.61. The first-order valence-corrected chi connectivity index (χ1v) is 10.4. The fourth-order valence-electron chi connectivity index (χ4n) is 4.21. The zero-order chi connectivity index (χ0) is 21.3. The predicted molar refractivity (Wildman–Crippen MR) is 110 cm³/mol. The van der Waals surface area contributed by atoms with Crippen molar-refractivity contribution in [2.75, 3.05) is 20.1 Å². The molecule has 2 aliphatic rings. The molecule has 2 aromatic rings. The average Bonchev–Trinajstić information content (AvgIpc) is 3.57. The van der Waals surface area contributed by atoms with Crippen molar-refractivity contribution in [1.29, 1.82) is 0 Å². The summed E-state index contributed by atoms with van der Waals surface area (Å²) in [6.45, 7) is 1.47. The third kappa shape index (κ3) is 4.32. The summed E-state index contributed by atoms with van der Waals surface area (Å²) in [5.41, 5.74) is 0.743. The van der Waals surface area contributed by atoms with Gasteiger partial charge in [0.05, 0.1) is 6.04 Å². The molecule has 1 saturated carbocycles. The van der Waals surface area contributed by atoms with Crippen molar-refractivity contribution in [2.24, 2.45) is 0 Å². The van der Waals surface area contributed by atoms with Gasteiger partial charge < -0.3 is 20.4 Å². The third-order valence-corrected chi connectivity index (χ3v) is 5.84. The smallest absolute Gasteiger partial charge is 0.318 e. The molecule has 4 rings (SSSR count). The zero-order valence-electron chi connectivity index (χ0n) is 17.0. The maximum Gasteiger partial charge on any atom is 0.318 e. The van der Waals surface area contributed by atoms with E-state index < -0.39 is 11.6 Å². The summed E-state index contributed by atoms with van der Waals surface area (Å²) in [5, 5.41) is 6.41. The molecule has 0 unspecified atom stereocenters. The molecule has 160 valence electrons. The van der Waals surface area contributed by atoms with E-state index in [9.17, 15) is 18.4 Å². The van der Waals surface area contributed by atoms with Crippen LogP contribution >= 0.6 is 0 Å². The highest BCUT2D eigenvalue weighted by Gasteiger charge is 2.39. The number of benzene rings is 2. The van der Waals surface area contributed by atoms with Gasteiger partial charge in [0.2, 0.25) is 0 Å². The molecule has 0 spiro atoms. The van der Waals surface area contributed by atoms with Crippen molar-refractivity contribution in [3.63, 3.8) is 0 Å². The van der Waals surface area contributed by atoms with Crippen molar-refractivity contribution in [2.45, 2.75) is 44.3 Å². The van der Waals surface area contributed by atoms with Crippen LogP contribution in [0.15, 0.2) is 30.3 Å². The molecule has 2 fully saturated rings. The number of carbonyl (C=O) groups excluding carboxylic acids is 2. The largest absolute Gasteiger partial charge is 0.341 e. The Labute approximate surface area is 174 Å². The van der Waals surface area contributed by atoms with Gasteiger partial charge in [-0.2, -0.15) is 0 Å². The lowest BCUT2D eigenvalue weighted by Crippen LogP contribution is -2.56.